The van der Waals surface area contributed by atoms with Gasteiger partial charge in [0.15, 0.2) is 6.54 Å². The van der Waals surface area contributed by atoms with Gasteiger partial charge < -0.3 is 29.7 Å². The number of phenols is 1. The van der Waals surface area contributed by atoms with Crippen LogP contribution in [0.3, 0.4) is 0 Å². The number of quaternary nitrogens is 2. The molecule has 3 rings (SSSR count). The van der Waals surface area contributed by atoms with Gasteiger partial charge in [-0.15, -0.1) is 0 Å². The molecule has 152 valence electrons. The number of hydrogen-bond acceptors (Lipinski definition) is 4. The van der Waals surface area contributed by atoms with E-state index >= 15 is 0 Å². The molecule has 0 aliphatic carbocycles. The molecule has 0 saturated carbocycles. The fourth-order valence-corrected chi connectivity index (χ4v) is 3.80. The zero-order valence-electron chi connectivity index (χ0n) is 16.7. The Kier molecular flexibility index (Phi) is 7.08. The Labute approximate surface area is 165 Å². The lowest BCUT2D eigenvalue weighted by molar-refractivity contribution is -1.02. The van der Waals surface area contributed by atoms with Gasteiger partial charge in [-0.1, -0.05) is 12.1 Å². The third-order valence-electron chi connectivity index (χ3n) is 5.45. The number of phenolic OH excluding ortho intramolecular Hbond substituents is 1. The van der Waals surface area contributed by atoms with Crippen LogP contribution in [0, 0.1) is 0 Å². The van der Waals surface area contributed by atoms with Crippen molar-refractivity contribution in [1.82, 2.24) is 5.32 Å². The summed E-state index contributed by atoms with van der Waals surface area (Å²) < 4.78 is 10.3. The Morgan fingerprint density at radius 3 is 2.54 bits per heavy atom. The second kappa shape index (κ2) is 9.73. The number of nitrogens with one attached hydrogen (secondary N) is 3. The van der Waals surface area contributed by atoms with Gasteiger partial charge in [-0.25, -0.2) is 0 Å². The number of methoxy groups -OCH3 is 2. The van der Waals surface area contributed by atoms with Crippen molar-refractivity contribution in [3.63, 3.8) is 0 Å². The number of ether oxygens (including phenoxy) is 2. The second-order valence-electron chi connectivity index (χ2n) is 7.35. The van der Waals surface area contributed by atoms with Crippen LogP contribution in [-0.2, 0) is 16.1 Å². The van der Waals surface area contributed by atoms with Crippen molar-refractivity contribution < 1.29 is 29.2 Å². The number of rotatable bonds is 8. The van der Waals surface area contributed by atoms with E-state index in [1.165, 1.54) is 9.80 Å². The van der Waals surface area contributed by atoms with Crippen molar-refractivity contribution in [3.8, 4) is 11.5 Å². The molecule has 1 aliphatic rings. The molecule has 0 bridgehead atoms. The summed E-state index contributed by atoms with van der Waals surface area (Å²) in [5.41, 5.74) is 0.965. The van der Waals surface area contributed by atoms with Crippen molar-refractivity contribution >= 4 is 16.7 Å². The van der Waals surface area contributed by atoms with Gasteiger partial charge in [0, 0.05) is 13.7 Å². The molecule has 0 atom stereocenters. The Balaban J connectivity index is 1.59. The highest BCUT2D eigenvalue weighted by Crippen LogP contribution is 2.29. The van der Waals surface area contributed by atoms with E-state index in [2.05, 4.69) is 5.32 Å². The Hall–Kier alpha value is -2.35. The maximum atomic E-state index is 12.0. The van der Waals surface area contributed by atoms with Gasteiger partial charge in [-0.2, -0.15) is 0 Å². The number of amides is 1. The lowest BCUT2D eigenvalue weighted by Crippen LogP contribution is -3.28. The van der Waals surface area contributed by atoms with Gasteiger partial charge in [-0.05, 0) is 29.0 Å². The van der Waals surface area contributed by atoms with Gasteiger partial charge in [0.1, 0.15) is 44.2 Å². The number of piperazine rings is 1. The first-order chi connectivity index (χ1) is 13.6. The van der Waals surface area contributed by atoms with E-state index in [9.17, 15) is 9.90 Å². The van der Waals surface area contributed by atoms with Crippen LogP contribution < -0.4 is 19.9 Å². The van der Waals surface area contributed by atoms with Crippen molar-refractivity contribution in [2.45, 2.75) is 6.54 Å². The van der Waals surface area contributed by atoms with Gasteiger partial charge in [0.05, 0.1) is 19.3 Å². The van der Waals surface area contributed by atoms with Gasteiger partial charge >= 0.3 is 0 Å². The number of carbonyl (C=O) groups excluding carboxylic acids is 1. The van der Waals surface area contributed by atoms with Crippen LogP contribution in [0.25, 0.3) is 10.8 Å². The van der Waals surface area contributed by atoms with E-state index in [1.54, 1.807) is 20.3 Å². The molecule has 0 unspecified atom stereocenters. The number of carbonyl (C=O) groups is 1. The van der Waals surface area contributed by atoms with E-state index < -0.39 is 0 Å². The first-order valence-electron chi connectivity index (χ1n) is 9.82. The molecule has 1 aliphatic heterocycles. The molecule has 1 saturated heterocycles. The van der Waals surface area contributed by atoms with Crippen LogP contribution in [0.1, 0.15) is 5.56 Å². The van der Waals surface area contributed by atoms with E-state index in [4.69, 9.17) is 9.47 Å². The van der Waals surface area contributed by atoms with E-state index in [0.717, 1.165) is 54.8 Å². The molecule has 0 spiro atoms. The summed E-state index contributed by atoms with van der Waals surface area (Å²) in [6.07, 6.45) is 0. The summed E-state index contributed by atoms with van der Waals surface area (Å²) >= 11 is 0. The SMILES string of the molecule is COCCNC(=O)C[NH+]1CC[NH+](Cc2c(O)ccc3ccc(OC)cc23)CC1. The second-order valence-corrected chi connectivity index (χ2v) is 7.35. The van der Waals surface area contributed by atoms with Gasteiger partial charge in [0.2, 0.25) is 0 Å². The van der Waals surface area contributed by atoms with Crippen LogP contribution in [0.4, 0.5) is 0 Å². The molecule has 28 heavy (non-hydrogen) atoms. The minimum absolute atomic E-state index is 0.0780. The fourth-order valence-electron chi connectivity index (χ4n) is 3.80. The summed E-state index contributed by atoms with van der Waals surface area (Å²) in [5.74, 6) is 1.21. The third kappa shape index (κ3) is 5.13. The first kappa shape index (κ1) is 20.4. The summed E-state index contributed by atoms with van der Waals surface area (Å²) in [6, 6.07) is 9.67. The summed E-state index contributed by atoms with van der Waals surface area (Å²) in [5, 5.41) is 15.5. The van der Waals surface area contributed by atoms with Crippen molar-refractivity contribution in [1.29, 1.82) is 0 Å². The first-order valence-corrected chi connectivity index (χ1v) is 9.82. The molecule has 4 N–H and O–H groups in total. The monoisotopic (exact) mass is 389 g/mol. The molecular formula is C21H31N3O4+2. The topological polar surface area (TPSA) is 76.7 Å². The highest BCUT2D eigenvalue weighted by Gasteiger charge is 2.26. The molecule has 1 fully saturated rings. The van der Waals surface area contributed by atoms with Crippen LogP contribution in [0.2, 0.25) is 0 Å². The van der Waals surface area contributed by atoms with Crippen LogP contribution >= 0.6 is 0 Å². The highest BCUT2D eigenvalue weighted by atomic mass is 16.5. The predicted molar refractivity (Wildman–Crippen MR) is 107 cm³/mol. The summed E-state index contributed by atoms with van der Waals surface area (Å²) in [4.78, 5) is 14.7. The van der Waals surface area contributed by atoms with E-state index in [0.29, 0.717) is 25.4 Å². The number of hydrogen-bond donors (Lipinski definition) is 4. The van der Waals surface area contributed by atoms with Crippen LogP contribution in [-0.4, -0.2) is 71.1 Å². The van der Waals surface area contributed by atoms with Crippen molar-refractivity contribution in [3.05, 3.63) is 35.9 Å². The fraction of sp³-hybridized carbons (Fsp3) is 0.476. The molecule has 2 aromatic carbocycles. The third-order valence-corrected chi connectivity index (χ3v) is 5.45. The Bertz CT molecular complexity index is 804. The molecule has 1 amide bonds. The average Bonchev–Trinajstić information content (AvgIpc) is 2.71. The maximum Gasteiger partial charge on any atom is 0.275 e. The molecule has 0 radical (unpaired) electrons. The van der Waals surface area contributed by atoms with Crippen molar-refractivity contribution in [2.24, 2.45) is 0 Å². The average molecular weight is 389 g/mol. The molecule has 7 heteroatoms. The smallest absolute Gasteiger partial charge is 0.275 e. The molecule has 2 aromatic rings. The molecular weight excluding hydrogens is 358 g/mol. The minimum Gasteiger partial charge on any atom is -0.507 e. The van der Waals surface area contributed by atoms with Crippen molar-refractivity contribution in [2.75, 3.05) is 60.1 Å². The number of benzene rings is 2. The van der Waals surface area contributed by atoms with E-state index in [-0.39, 0.29) is 5.91 Å². The van der Waals surface area contributed by atoms with Gasteiger partial charge in [0.25, 0.3) is 5.91 Å². The van der Waals surface area contributed by atoms with E-state index in [1.807, 2.05) is 24.3 Å². The van der Waals surface area contributed by atoms with Crippen LogP contribution in [0.5, 0.6) is 11.5 Å². The number of aromatic hydroxyl groups is 1. The largest absolute Gasteiger partial charge is 0.507 e. The quantitative estimate of drug-likeness (QED) is 0.419. The Morgan fingerprint density at radius 1 is 1.11 bits per heavy atom. The minimum atomic E-state index is 0.0780. The molecule has 0 aromatic heterocycles. The lowest BCUT2D eigenvalue weighted by Gasteiger charge is -2.29. The van der Waals surface area contributed by atoms with Gasteiger partial charge in [-0.3, -0.25) is 4.79 Å². The maximum absolute atomic E-state index is 12.0. The lowest BCUT2D eigenvalue weighted by atomic mass is 10.0. The van der Waals surface area contributed by atoms with Crippen LogP contribution in [0.15, 0.2) is 30.3 Å². The standard InChI is InChI=1S/C21H29N3O4/c1-27-12-7-22-21(26)15-24-10-8-23(9-11-24)14-19-18-13-17(28-2)5-3-16(18)4-6-20(19)25/h3-6,13,25H,7-12,14-15H2,1-2H3,(H,22,26)/p+2. The molecule has 1 heterocycles. The number of fused-ring (bicyclic) bond motifs is 1. The Morgan fingerprint density at radius 2 is 1.82 bits per heavy atom. The molecule has 7 nitrogen and oxygen atoms in total. The summed E-state index contributed by atoms with van der Waals surface area (Å²) in [6.45, 7) is 6.21. The highest BCUT2D eigenvalue weighted by molar-refractivity contribution is 5.88. The zero-order valence-corrected chi connectivity index (χ0v) is 16.7. The summed E-state index contributed by atoms with van der Waals surface area (Å²) in [7, 11) is 3.28. The predicted octanol–water partition coefficient (Wildman–Crippen LogP) is -1.40. The normalized spacial score (nSPS) is 19.5. The zero-order chi connectivity index (χ0) is 19.9.